The van der Waals surface area contributed by atoms with Gasteiger partial charge in [0, 0.05) is 16.6 Å². The van der Waals surface area contributed by atoms with E-state index in [9.17, 15) is 25.0 Å². The Labute approximate surface area is 205 Å². The summed E-state index contributed by atoms with van der Waals surface area (Å²) >= 11 is 4.65. The number of hydrogen-bond acceptors (Lipinski definition) is 8. The Hall–Kier alpha value is -3.77. The van der Waals surface area contributed by atoms with Crippen molar-refractivity contribution in [1.82, 2.24) is 5.32 Å². The molecule has 0 saturated carbocycles. The van der Waals surface area contributed by atoms with Gasteiger partial charge in [-0.25, -0.2) is 4.99 Å². The van der Waals surface area contributed by atoms with Crippen molar-refractivity contribution in [3.8, 4) is 11.3 Å². The van der Waals surface area contributed by atoms with Gasteiger partial charge in [0.05, 0.1) is 32.1 Å². The number of carbonyl (C=O) groups is 1. The van der Waals surface area contributed by atoms with E-state index >= 15 is 0 Å². The van der Waals surface area contributed by atoms with Crippen LogP contribution < -0.4 is 5.32 Å². The third-order valence-electron chi connectivity index (χ3n) is 4.86. The molecule has 0 unspecified atom stereocenters. The van der Waals surface area contributed by atoms with Crippen LogP contribution in [0.15, 0.2) is 61.3 Å². The lowest BCUT2D eigenvalue weighted by atomic mass is 10.1. The van der Waals surface area contributed by atoms with E-state index in [1.54, 1.807) is 6.07 Å². The number of nitrogens with zero attached hydrogens (tertiary/aromatic N) is 3. The minimum absolute atomic E-state index is 0.0898. The summed E-state index contributed by atoms with van der Waals surface area (Å²) in [7, 11) is 0. The monoisotopic (exact) mass is 542 g/mol. The second-order valence-corrected chi connectivity index (χ2v) is 9.12. The minimum atomic E-state index is -0.711. The number of nitro benzene ring substituents is 2. The molecule has 3 aromatic rings. The molecule has 1 aromatic heterocycles. The standard InChI is InChI=1S/C22H15BrN4O6S/c1-11-7-13(8-12(2)20(11)23)24-22-25-21(28)19(34-22)10-15-4-6-18(33-15)16-5-3-14(26(29)30)9-17(16)27(31)32/h3-10H,1-2H3,(H,24,25,28)/b19-10-. The van der Waals surface area contributed by atoms with Gasteiger partial charge in [0.25, 0.3) is 17.3 Å². The number of halogens is 1. The molecule has 1 aliphatic rings. The largest absolute Gasteiger partial charge is 0.456 e. The third kappa shape index (κ3) is 4.77. The lowest BCUT2D eigenvalue weighted by Crippen LogP contribution is -2.19. The Bertz CT molecular complexity index is 1410. The van der Waals surface area contributed by atoms with Gasteiger partial charge >= 0.3 is 0 Å². The summed E-state index contributed by atoms with van der Waals surface area (Å²) in [4.78, 5) is 38.2. The fourth-order valence-corrected chi connectivity index (χ4v) is 4.33. The number of amidine groups is 1. The van der Waals surface area contributed by atoms with Crippen molar-refractivity contribution < 1.29 is 19.1 Å². The molecule has 1 aliphatic heterocycles. The molecular formula is C22H15BrN4O6S. The molecule has 10 nitrogen and oxygen atoms in total. The van der Waals surface area contributed by atoms with Gasteiger partial charge in [-0.2, -0.15) is 0 Å². The van der Waals surface area contributed by atoms with Crippen LogP contribution in [0.25, 0.3) is 17.4 Å². The number of nitrogens with one attached hydrogen (secondary N) is 1. The van der Waals surface area contributed by atoms with Gasteiger partial charge in [0.1, 0.15) is 11.5 Å². The number of benzene rings is 2. The maximum atomic E-state index is 12.4. The SMILES string of the molecule is Cc1cc(N=C2NC(=O)/C(=C/c3ccc(-c4ccc([N+](=O)[O-])cc4[N+](=O)[O-])o3)S2)cc(C)c1Br. The fraction of sp³-hybridized carbons (Fsp3) is 0.0909. The van der Waals surface area contributed by atoms with Crippen molar-refractivity contribution in [2.75, 3.05) is 0 Å². The Morgan fingerprint density at radius 2 is 1.76 bits per heavy atom. The molecule has 0 radical (unpaired) electrons. The van der Waals surface area contributed by atoms with Crippen LogP contribution in [0, 0.1) is 34.1 Å². The topological polar surface area (TPSA) is 141 Å². The van der Waals surface area contributed by atoms with Crippen molar-refractivity contribution in [2.24, 2.45) is 4.99 Å². The maximum Gasteiger partial charge on any atom is 0.287 e. The van der Waals surface area contributed by atoms with Crippen molar-refractivity contribution in [3.63, 3.8) is 0 Å². The molecule has 0 bridgehead atoms. The van der Waals surface area contributed by atoms with Crippen molar-refractivity contribution >= 4 is 61.9 Å². The molecule has 1 fully saturated rings. The molecule has 0 atom stereocenters. The highest BCUT2D eigenvalue weighted by molar-refractivity contribution is 9.10. The van der Waals surface area contributed by atoms with Gasteiger partial charge in [-0.3, -0.25) is 25.0 Å². The molecule has 172 valence electrons. The Kier molecular flexibility index (Phi) is 6.35. The zero-order valence-electron chi connectivity index (χ0n) is 17.7. The van der Waals surface area contributed by atoms with Crippen LogP contribution in [0.4, 0.5) is 17.1 Å². The summed E-state index contributed by atoms with van der Waals surface area (Å²) in [6, 6.07) is 10.2. The van der Waals surface area contributed by atoms with E-state index in [4.69, 9.17) is 4.42 Å². The van der Waals surface area contributed by atoms with E-state index in [1.165, 1.54) is 18.2 Å². The summed E-state index contributed by atoms with van der Waals surface area (Å²) in [5, 5.41) is 25.5. The average molecular weight is 543 g/mol. The number of non-ortho nitro benzene ring substituents is 1. The van der Waals surface area contributed by atoms with E-state index in [1.807, 2.05) is 26.0 Å². The quantitative estimate of drug-likeness (QED) is 0.235. The van der Waals surface area contributed by atoms with Gasteiger partial charge < -0.3 is 9.73 Å². The normalized spacial score (nSPS) is 15.7. The molecule has 2 heterocycles. The molecule has 4 rings (SSSR count). The smallest absolute Gasteiger partial charge is 0.287 e. The zero-order chi connectivity index (χ0) is 24.6. The summed E-state index contributed by atoms with van der Waals surface area (Å²) in [5.74, 6) is 0.0806. The molecular weight excluding hydrogens is 528 g/mol. The predicted molar refractivity (Wildman–Crippen MR) is 132 cm³/mol. The zero-order valence-corrected chi connectivity index (χ0v) is 20.1. The van der Waals surface area contributed by atoms with Crippen LogP contribution in [-0.2, 0) is 4.79 Å². The van der Waals surface area contributed by atoms with Crippen molar-refractivity contribution in [1.29, 1.82) is 0 Å². The summed E-state index contributed by atoms with van der Waals surface area (Å²) < 4.78 is 6.68. The number of hydrogen-bond donors (Lipinski definition) is 1. The summed E-state index contributed by atoms with van der Waals surface area (Å²) in [6.07, 6.45) is 1.50. The summed E-state index contributed by atoms with van der Waals surface area (Å²) in [6.45, 7) is 3.91. The van der Waals surface area contributed by atoms with Gasteiger partial charge in [-0.1, -0.05) is 15.9 Å². The highest BCUT2D eigenvalue weighted by atomic mass is 79.9. The van der Waals surface area contributed by atoms with Crippen LogP contribution in [0.5, 0.6) is 0 Å². The number of aryl methyl sites for hydroxylation is 2. The van der Waals surface area contributed by atoms with Crippen LogP contribution >= 0.6 is 27.7 Å². The van der Waals surface area contributed by atoms with E-state index in [0.717, 1.165) is 39.5 Å². The molecule has 2 aromatic carbocycles. The number of aliphatic imine (C=N–C) groups is 1. The van der Waals surface area contributed by atoms with Crippen molar-refractivity contribution in [3.05, 3.63) is 89.0 Å². The first-order chi connectivity index (χ1) is 16.1. The lowest BCUT2D eigenvalue weighted by Gasteiger charge is -2.04. The van der Waals surface area contributed by atoms with Crippen molar-refractivity contribution in [2.45, 2.75) is 13.8 Å². The summed E-state index contributed by atoms with van der Waals surface area (Å²) in [5.41, 5.74) is 1.98. The molecule has 1 saturated heterocycles. The van der Waals surface area contributed by atoms with E-state index in [2.05, 4.69) is 26.2 Å². The van der Waals surface area contributed by atoms with E-state index in [0.29, 0.717) is 15.8 Å². The van der Waals surface area contributed by atoms with Crippen LogP contribution in [0.2, 0.25) is 0 Å². The van der Waals surface area contributed by atoms with Crippen LogP contribution in [0.3, 0.4) is 0 Å². The van der Waals surface area contributed by atoms with Crippen LogP contribution in [-0.4, -0.2) is 20.9 Å². The number of furan rings is 1. The fourth-order valence-electron chi connectivity index (χ4n) is 3.28. The number of rotatable bonds is 5. The lowest BCUT2D eigenvalue weighted by molar-refractivity contribution is -0.393. The first-order valence-electron chi connectivity index (χ1n) is 9.72. The Balaban J connectivity index is 1.60. The molecule has 1 N–H and O–H groups in total. The average Bonchev–Trinajstić information content (AvgIpc) is 3.38. The minimum Gasteiger partial charge on any atom is -0.456 e. The number of thioether (sulfide) groups is 1. The number of carbonyl (C=O) groups excluding carboxylic acids is 1. The maximum absolute atomic E-state index is 12.4. The molecule has 1 amide bonds. The first kappa shape index (κ1) is 23.4. The Morgan fingerprint density at radius 1 is 1.06 bits per heavy atom. The second kappa shape index (κ2) is 9.23. The Morgan fingerprint density at radius 3 is 2.41 bits per heavy atom. The highest BCUT2D eigenvalue weighted by Crippen LogP contribution is 2.36. The van der Waals surface area contributed by atoms with Gasteiger partial charge in [0.2, 0.25) is 0 Å². The van der Waals surface area contributed by atoms with Gasteiger partial charge in [-0.05, 0) is 67.1 Å². The van der Waals surface area contributed by atoms with Crippen LogP contribution in [0.1, 0.15) is 16.9 Å². The van der Waals surface area contributed by atoms with Gasteiger partial charge in [0.15, 0.2) is 5.17 Å². The molecule has 34 heavy (non-hydrogen) atoms. The van der Waals surface area contributed by atoms with Gasteiger partial charge in [-0.15, -0.1) is 0 Å². The predicted octanol–water partition coefficient (Wildman–Crippen LogP) is 6.03. The first-order valence-corrected chi connectivity index (χ1v) is 11.3. The highest BCUT2D eigenvalue weighted by Gasteiger charge is 2.26. The number of amides is 1. The molecule has 12 heteroatoms. The third-order valence-corrected chi connectivity index (χ3v) is 7.02. The number of nitro groups is 2. The molecule has 0 spiro atoms. The van der Waals surface area contributed by atoms with E-state index in [-0.39, 0.29) is 23.0 Å². The van der Waals surface area contributed by atoms with E-state index < -0.39 is 21.2 Å². The molecule has 0 aliphatic carbocycles. The second-order valence-electron chi connectivity index (χ2n) is 7.29.